The molecule has 1 amide bonds. The maximum Gasteiger partial charge on any atom is 0.225 e. The van der Waals surface area contributed by atoms with E-state index in [0.717, 1.165) is 48.8 Å². The van der Waals surface area contributed by atoms with Crippen molar-refractivity contribution in [3.05, 3.63) is 53.1 Å². The van der Waals surface area contributed by atoms with Gasteiger partial charge >= 0.3 is 0 Å². The molecule has 2 aromatic rings. The first-order valence-electron chi connectivity index (χ1n) is 10.2. The Morgan fingerprint density at radius 3 is 2.38 bits per heavy atom. The Morgan fingerprint density at radius 2 is 1.72 bits per heavy atom. The van der Waals surface area contributed by atoms with Gasteiger partial charge in [0.15, 0.2) is 11.5 Å². The Labute approximate surface area is 174 Å². The lowest BCUT2D eigenvalue weighted by atomic mass is 9.86. The molecule has 0 spiro atoms. The van der Waals surface area contributed by atoms with Crippen LogP contribution in [0.15, 0.2) is 36.4 Å². The standard InChI is InChI=1S/C24H32N2O3/c1-24(2,3)19-8-6-7-9-20(19)25-23(27)11-13-26-12-10-17-14-21(28-4)22(29-5)15-18(17)16-26/h6-9,14-15H,10-13,16H2,1-5H3,(H,25,27). The van der Waals surface area contributed by atoms with Gasteiger partial charge in [0, 0.05) is 31.7 Å². The van der Waals surface area contributed by atoms with Crippen LogP contribution in [0.25, 0.3) is 0 Å². The molecule has 5 nitrogen and oxygen atoms in total. The number of benzene rings is 2. The summed E-state index contributed by atoms with van der Waals surface area (Å²) < 4.78 is 10.8. The van der Waals surface area contributed by atoms with Gasteiger partial charge in [0.25, 0.3) is 0 Å². The van der Waals surface area contributed by atoms with Crippen LogP contribution in [0.1, 0.15) is 43.9 Å². The predicted molar refractivity (Wildman–Crippen MR) is 117 cm³/mol. The van der Waals surface area contributed by atoms with E-state index in [1.807, 2.05) is 18.2 Å². The number of rotatable bonds is 6. The number of carbonyl (C=O) groups is 1. The summed E-state index contributed by atoms with van der Waals surface area (Å²) in [7, 11) is 3.32. The number of nitrogens with one attached hydrogen (secondary N) is 1. The highest BCUT2D eigenvalue weighted by Gasteiger charge is 2.21. The Balaban J connectivity index is 1.60. The van der Waals surface area contributed by atoms with Crippen LogP contribution in [0.3, 0.4) is 0 Å². The topological polar surface area (TPSA) is 50.8 Å². The Bertz CT molecular complexity index is 871. The van der Waals surface area contributed by atoms with Crippen LogP contribution in [-0.4, -0.2) is 38.1 Å². The van der Waals surface area contributed by atoms with Crippen molar-refractivity contribution in [3.63, 3.8) is 0 Å². The molecule has 0 fully saturated rings. The molecule has 0 saturated heterocycles. The van der Waals surface area contributed by atoms with Gasteiger partial charge in [-0.15, -0.1) is 0 Å². The molecule has 156 valence electrons. The highest BCUT2D eigenvalue weighted by molar-refractivity contribution is 5.91. The Morgan fingerprint density at radius 1 is 1.07 bits per heavy atom. The molecular formula is C24H32N2O3. The number of fused-ring (bicyclic) bond motifs is 1. The molecule has 1 aliphatic rings. The summed E-state index contributed by atoms with van der Waals surface area (Å²) >= 11 is 0. The van der Waals surface area contributed by atoms with Gasteiger partial charge in [-0.3, -0.25) is 9.69 Å². The molecule has 0 aromatic heterocycles. The summed E-state index contributed by atoms with van der Waals surface area (Å²) in [6.07, 6.45) is 1.42. The molecule has 1 heterocycles. The highest BCUT2D eigenvalue weighted by Crippen LogP contribution is 2.33. The quantitative estimate of drug-likeness (QED) is 0.787. The number of ether oxygens (including phenoxy) is 2. The van der Waals surface area contributed by atoms with Crippen LogP contribution in [0.4, 0.5) is 5.69 Å². The number of amides is 1. The van der Waals surface area contributed by atoms with E-state index in [9.17, 15) is 4.79 Å². The Hall–Kier alpha value is -2.53. The van der Waals surface area contributed by atoms with Crippen molar-refractivity contribution in [2.24, 2.45) is 0 Å². The van der Waals surface area contributed by atoms with Crippen LogP contribution < -0.4 is 14.8 Å². The molecule has 0 unspecified atom stereocenters. The second kappa shape index (κ2) is 8.87. The lowest BCUT2D eigenvalue weighted by Gasteiger charge is -2.29. The number of hydrogen-bond donors (Lipinski definition) is 1. The molecular weight excluding hydrogens is 364 g/mol. The van der Waals surface area contributed by atoms with E-state index in [2.05, 4.69) is 49.2 Å². The average molecular weight is 397 g/mol. The molecule has 29 heavy (non-hydrogen) atoms. The van der Waals surface area contributed by atoms with Gasteiger partial charge < -0.3 is 14.8 Å². The minimum absolute atomic E-state index is 0.0133. The molecule has 1 N–H and O–H groups in total. The van der Waals surface area contributed by atoms with Crippen molar-refractivity contribution in [2.45, 2.75) is 45.6 Å². The van der Waals surface area contributed by atoms with Crippen molar-refractivity contribution in [1.82, 2.24) is 4.90 Å². The van der Waals surface area contributed by atoms with Crippen LogP contribution in [0.2, 0.25) is 0 Å². The third-order valence-electron chi connectivity index (χ3n) is 5.46. The van der Waals surface area contributed by atoms with Crippen LogP contribution >= 0.6 is 0 Å². The first-order valence-corrected chi connectivity index (χ1v) is 10.2. The molecule has 0 atom stereocenters. The third-order valence-corrected chi connectivity index (χ3v) is 5.46. The largest absolute Gasteiger partial charge is 0.493 e. The fourth-order valence-electron chi connectivity index (χ4n) is 3.85. The monoisotopic (exact) mass is 396 g/mol. The van der Waals surface area contributed by atoms with E-state index in [1.54, 1.807) is 14.2 Å². The van der Waals surface area contributed by atoms with Gasteiger partial charge in [-0.25, -0.2) is 0 Å². The summed E-state index contributed by atoms with van der Waals surface area (Å²) in [6, 6.07) is 12.2. The SMILES string of the molecule is COc1cc2c(cc1OC)CN(CCC(=O)Nc1ccccc1C(C)(C)C)CC2. The number of hydrogen-bond acceptors (Lipinski definition) is 4. The summed E-state index contributed by atoms with van der Waals surface area (Å²) in [5.74, 6) is 1.58. The minimum atomic E-state index is -0.0133. The number of para-hydroxylation sites is 1. The van der Waals surface area contributed by atoms with Gasteiger partial charge in [-0.05, 0) is 46.7 Å². The third kappa shape index (κ3) is 5.10. The second-order valence-corrected chi connectivity index (χ2v) is 8.60. The smallest absolute Gasteiger partial charge is 0.225 e. The normalized spacial score (nSPS) is 14.2. The van der Waals surface area contributed by atoms with Crippen LogP contribution in [0, 0.1) is 0 Å². The van der Waals surface area contributed by atoms with Crippen LogP contribution in [0.5, 0.6) is 11.5 Å². The fourth-order valence-corrected chi connectivity index (χ4v) is 3.85. The van der Waals surface area contributed by atoms with Gasteiger partial charge in [0.1, 0.15) is 0 Å². The maximum atomic E-state index is 12.6. The zero-order valence-electron chi connectivity index (χ0n) is 18.2. The Kier molecular flexibility index (Phi) is 6.48. The molecule has 1 aliphatic heterocycles. The summed E-state index contributed by atoms with van der Waals surface area (Å²) in [5.41, 5.74) is 4.59. The van der Waals surface area contributed by atoms with Crippen molar-refractivity contribution < 1.29 is 14.3 Å². The molecule has 5 heteroatoms. The minimum Gasteiger partial charge on any atom is -0.493 e. The van der Waals surface area contributed by atoms with Gasteiger partial charge in [-0.2, -0.15) is 0 Å². The van der Waals surface area contributed by atoms with Gasteiger partial charge in [-0.1, -0.05) is 39.0 Å². The highest BCUT2D eigenvalue weighted by atomic mass is 16.5. The molecule has 3 rings (SSSR count). The van der Waals surface area contributed by atoms with Crippen LogP contribution in [-0.2, 0) is 23.2 Å². The van der Waals surface area contributed by atoms with E-state index >= 15 is 0 Å². The first kappa shape index (κ1) is 21.2. The van der Waals surface area contributed by atoms with Gasteiger partial charge in [0.05, 0.1) is 14.2 Å². The van der Waals surface area contributed by atoms with E-state index < -0.39 is 0 Å². The lowest BCUT2D eigenvalue weighted by Crippen LogP contribution is -2.33. The summed E-state index contributed by atoms with van der Waals surface area (Å²) in [5, 5.41) is 3.11. The number of nitrogens with zero attached hydrogens (tertiary/aromatic N) is 1. The first-order chi connectivity index (χ1) is 13.8. The molecule has 0 radical (unpaired) electrons. The number of anilines is 1. The van der Waals surface area contributed by atoms with Crippen molar-refractivity contribution in [1.29, 1.82) is 0 Å². The molecule has 0 saturated carbocycles. The zero-order valence-corrected chi connectivity index (χ0v) is 18.2. The second-order valence-electron chi connectivity index (χ2n) is 8.60. The number of carbonyl (C=O) groups excluding carboxylic acids is 1. The summed E-state index contributed by atoms with van der Waals surface area (Å²) in [6.45, 7) is 8.97. The fraction of sp³-hybridized carbons (Fsp3) is 0.458. The maximum absolute atomic E-state index is 12.6. The van der Waals surface area contributed by atoms with Crippen molar-refractivity contribution in [3.8, 4) is 11.5 Å². The lowest BCUT2D eigenvalue weighted by molar-refractivity contribution is -0.116. The van der Waals surface area contributed by atoms with E-state index in [1.165, 1.54) is 11.1 Å². The van der Waals surface area contributed by atoms with E-state index in [4.69, 9.17) is 9.47 Å². The van der Waals surface area contributed by atoms with Gasteiger partial charge in [0.2, 0.25) is 5.91 Å². The van der Waals surface area contributed by atoms with Crippen molar-refractivity contribution in [2.75, 3.05) is 32.6 Å². The van der Waals surface area contributed by atoms with E-state index in [0.29, 0.717) is 6.42 Å². The average Bonchev–Trinajstić information content (AvgIpc) is 2.70. The molecule has 0 aliphatic carbocycles. The zero-order chi connectivity index (χ0) is 21.0. The number of methoxy groups -OCH3 is 2. The van der Waals surface area contributed by atoms with Crippen molar-refractivity contribution >= 4 is 11.6 Å². The van der Waals surface area contributed by atoms with E-state index in [-0.39, 0.29) is 11.3 Å². The summed E-state index contributed by atoms with van der Waals surface area (Å²) in [4.78, 5) is 14.9. The molecule has 0 bridgehead atoms. The predicted octanol–water partition coefficient (Wildman–Crippen LogP) is 4.39. The molecule has 2 aromatic carbocycles.